The Balaban J connectivity index is 2.77. The van der Waals surface area contributed by atoms with Crippen LogP contribution in [0, 0.1) is 5.41 Å². The summed E-state index contributed by atoms with van der Waals surface area (Å²) >= 11 is 0. The van der Waals surface area contributed by atoms with Crippen molar-refractivity contribution in [2.75, 3.05) is 13.2 Å². The van der Waals surface area contributed by atoms with Crippen LogP contribution < -0.4 is 0 Å². The molecule has 19 heavy (non-hydrogen) atoms. The quantitative estimate of drug-likeness (QED) is 0.545. The fraction of sp³-hybridized carbons (Fsp3) is 0.786. The van der Waals surface area contributed by atoms with E-state index < -0.39 is 11.4 Å². The van der Waals surface area contributed by atoms with Crippen LogP contribution in [-0.2, 0) is 23.9 Å². The molecule has 0 unspecified atom stereocenters. The highest BCUT2D eigenvalue weighted by Crippen LogP contribution is 2.38. The van der Waals surface area contributed by atoms with E-state index in [1.54, 1.807) is 13.8 Å². The van der Waals surface area contributed by atoms with E-state index in [0.29, 0.717) is 19.4 Å². The largest absolute Gasteiger partial charge is 0.466 e. The summed E-state index contributed by atoms with van der Waals surface area (Å²) < 4.78 is 9.89. The summed E-state index contributed by atoms with van der Waals surface area (Å²) in [6.45, 7) is 3.99. The molecular weight excluding hydrogens is 248 g/mol. The maximum absolute atomic E-state index is 12.1. The zero-order valence-corrected chi connectivity index (χ0v) is 11.7. The van der Waals surface area contributed by atoms with E-state index in [1.165, 1.54) is 0 Å². The zero-order valence-electron chi connectivity index (χ0n) is 11.7. The molecule has 1 atom stereocenters. The van der Waals surface area contributed by atoms with Gasteiger partial charge in [0.1, 0.15) is 11.2 Å². The smallest absolute Gasteiger partial charge is 0.319 e. The summed E-state index contributed by atoms with van der Waals surface area (Å²) in [5.74, 6) is -0.949. The number of Topliss-reactive ketones (excluding diaryl/α,β-unsaturated/α-hetero) is 1. The third-order valence-electron chi connectivity index (χ3n) is 3.52. The number of ketones is 1. The van der Waals surface area contributed by atoms with E-state index in [-0.39, 0.29) is 31.2 Å². The van der Waals surface area contributed by atoms with E-state index in [0.717, 1.165) is 12.8 Å². The van der Waals surface area contributed by atoms with Crippen LogP contribution in [0.5, 0.6) is 0 Å². The lowest BCUT2D eigenvalue weighted by Gasteiger charge is -2.33. The van der Waals surface area contributed by atoms with Gasteiger partial charge >= 0.3 is 11.9 Å². The zero-order chi connectivity index (χ0) is 14.3. The Labute approximate surface area is 113 Å². The molecule has 0 spiro atoms. The molecule has 1 aliphatic carbocycles. The van der Waals surface area contributed by atoms with Gasteiger partial charge in [-0.3, -0.25) is 14.4 Å². The molecule has 0 aromatic heterocycles. The summed E-state index contributed by atoms with van der Waals surface area (Å²) in [6, 6.07) is 0. The second kappa shape index (κ2) is 7.26. The molecule has 0 amide bonds. The Morgan fingerprint density at radius 2 is 1.84 bits per heavy atom. The van der Waals surface area contributed by atoms with E-state index in [2.05, 4.69) is 0 Å². The average Bonchev–Trinajstić information content (AvgIpc) is 2.38. The molecule has 0 N–H and O–H groups in total. The summed E-state index contributed by atoms with van der Waals surface area (Å²) in [4.78, 5) is 35.7. The van der Waals surface area contributed by atoms with Gasteiger partial charge in [0.25, 0.3) is 0 Å². The van der Waals surface area contributed by atoms with Gasteiger partial charge in [-0.2, -0.15) is 0 Å². The first-order chi connectivity index (χ1) is 9.06. The number of hydrogen-bond donors (Lipinski definition) is 0. The lowest BCUT2D eigenvalue weighted by Crippen LogP contribution is -2.43. The Hall–Kier alpha value is -1.39. The lowest BCUT2D eigenvalue weighted by atomic mass is 9.70. The standard InChI is InChI=1S/C14H22O5/c1-3-18-12(16)8-10-14(13(17)19-4-2)9-6-5-7-11(14)15/h3-10H2,1-2H3/t14-/m1/s1. The number of hydrogen-bond acceptors (Lipinski definition) is 5. The molecule has 0 aliphatic heterocycles. The monoisotopic (exact) mass is 270 g/mol. The summed E-state index contributed by atoms with van der Waals surface area (Å²) in [5.41, 5.74) is -1.12. The van der Waals surface area contributed by atoms with Crippen LogP contribution in [0.2, 0.25) is 0 Å². The predicted octanol–water partition coefficient (Wildman–Crippen LogP) is 2.02. The molecule has 0 saturated heterocycles. The van der Waals surface area contributed by atoms with Gasteiger partial charge in [-0.05, 0) is 33.1 Å². The third kappa shape index (κ3) is 3.78. The molecule has 5 nitrogen and oxygen atoms in total. The van der Waals surface area contributed by atoms with Crippen LogP contribution in [-0.4, -0.2) is 30.9 Å². The first kappa shape index (κ1) is 15.7. The van der Waals surface area contributed by atoms with Crippen LogP contribution in [0.4, 0.5) is 0 Å². The van der Waals surface area contributed by atoms with Crippen molar-refractivity contribution in [2.24, 2.45) is 5.41 Å². The average molecular weight is 270 g/mol. The van der Waals surface area contributed by atoms with Gasteiger partial charge in [-0.15, -0.1) is 0 Å². The van der Waals surface area contributed by atoms with E-state index in [9.17, 15) is 14.4 Å². The second-order valence-corrected chi connectivity index (χ2v) is 4.74. The van der Waals surface area contributed by atoms with Crippen LogP contribution in [0.25, 0.3) is 0 Å². The Bertz CT molecular complexity index is 350. The molecule has 1 aliphatic rings. The van der Waals surface area contributed by atoms with Crippen molar-refractivity contribution >= 4 is 17.7 Å². The van der Waals surface area contributed by atoms with Crippen LogP contribution in [0.15, 0.2) is 0 Å². The van der Waals surface area contributed by atoms with Gasteiger partial charge in [0, 0.05) is 12.8 Å². The number of carbonyl (C=O) groups is 3. The van der Waals surface area contributed by atoms with Gasteiger partial charge in [0.05, 0.1) is 13.2 Å². The fourth-order valence-corrected chi connectivity index (χ4v) is 2.49. The Morgan fingerprint density at radius 3 is 2.42 bits per heavy atom. The minimum atomic E-state index is -1.12. The summed E-state index contributed by atoms with van der Waals surface area (Å²) in [6.07, 6.45) is 2.76. The maximum Gasteiger partial charge on any atom is 0.319 e. The van der Waals surface area contributed by atoms with E-state index in [1.807, 2.05) is 0 Å². The van der Waals surface area contributed by atoms with Gasteiger partial charge in [-0.25, -0.2) is 0 Å². The predicted molar refractivity (Wildman–Crippen MR) is 68.4 cm³/mol. The Morgan fingerprint density at radius 1 is 1.16 bits per heavy atom. The van der Waals surface area contributed by atoms with Crippen molar-refractivity contribution in [2.45, 2.75) is 52.4 Å². The molecule has 108 valence electrons. The van der Waals surface area contributed by atoms with Gasteiger partial charge in [-0.1, -0.05) is 6.42 Å². The normalized spacial score (nSPS) is 22.9. The van der Waals surface area contributed by atoms with Crippen molar-refractivity contribution < 1.29 is 23.9 Å². The number of esters is 2. The minimum absolute atomic E-state index is 0.0817. The summed E-state index contributed by atoms with van der Waals surface area (Å²) in [5, 5.41) is 0. The van der Waals surface area contributed by atoms with Gasteiger partial charge < -0.3 is 9.47 Å². The SMILES string of the molecule is CCOC(=O)CC[C@]1(C(=O)OCC)CCCCC1=O. The molecular formula is C14H22O5. The lowest BCUT2D eigenvalue weighted by molar-refractivity contribution is -0.163. The van der Waals surface area contributed by atoms with Crippen molar-refractivity contribution in [3.8, 4) is 0 Å². The fourth-order valence-electron chi connectivity index (χ4n) is 2.49. The molecule has 0 heterocycles. The number of carbonyl (C=O) groups excluding carboxylic acids is 3. The van der Waals surface area contributed by atoms with Crippen molar-refractivity contribution in [1.82, 2.24) is 0 Å². The minimum Gasteiger partial charge on any atom is -0.466 e. The van der Waals surface area contributed by atoms with Crippen LogP contribution in [0.1, 0.15) is 52.4 Å². The van der Waals surface area contributed by atoms with E-state index in [4.69, 9.17) is 9.47 Å². The van der Waals surface area contributed by atoms with Gasteiger partial charge in [0.15, 0.2) is 0 Å². The number of rotatable bonds is 6. The molecule has 0 aromatic rings. The van der Waals surface area contributed by atoms with Crippen molar-refractivity contribution in [3.63, 3.8) is 0 Å². The van der Waals surface area contributed by atoms with Gasteiger partial charge in [0.2, 0.25) is 0 Å². The van der Waals surface area contributed by atoms with Crippen LogP contribution >= 0.6 is 0 Å². The van der Waals surface area contributed by atoms with Crippen molar-refractivity contribution in [1.29, 1.82) is 0 Å². The molecule has 0 bridgehead atoms. The van der Waals surface area contributed by atoms with E-state index >= 15 is 0 Å². The molecule has 0 radical (unpaired) electrons. The molecule has 0 aromatic carbocycles. The van der Waals surface area contributed by atoms with Crippen molar-refractivity contribution in [3.05, 3.63) is 0 Å². The first-order valence-corrected chi connectivity index (χ1v) is 6.93. The first-order valence-electron chi connectivity index (χ1n) is 6.93. The maximum atomic E-state index is 12.1. The Kier molecular flexibility index (Phi) is 5.99. The third-order valence-corrected chi connectivity index (χ3v) is 3.52. The highest BCUT2D eigenvalue weighted by Gasteiger charge is 2.47. The second-order valence-electron chi connectivity index (χ2n) is 4.74. The highest BCUT2D eigenvalue weighted by atomic mass is 16.5. The molecule has 1 saturated carbocycles. The van der Waals surface area contributed by atoms with Crippen LogP contribution in [0.3, 0.4) is 0 Å². The topological polar surface area (TPSA) is 69.7 Å². The number of ether oxygens (including phenoxy) is 2. The molecule has 1 rings (SSSR count). The molecule has 1 fully saturated rings. The summed E-state index contributed by atoms with van der Waals surface area (Å²) in [7, 11) is 0. The highest BCUT2D eigenvalue weighted by molar-refractivity contribution is 6.04. The molecule has 5 heteroatoms.